The first-order valence-corrected chi connectivity index (χ1v) is 4.60. The average molecular weight is 197 g/mol. The van der Waals surface area contributed by atoms with Gasteiger partial charge in [-0.1, -0.05) is 24.3 Å². The maximum Gasteiger partial charge on any atom is 0.0958 e. The third kappa shape index (κ3) is 2.22. The second-order valence-corrected chi connectivity index (χ2v) is 3.17. The summed E-state index contributed by atoms with van der Waals surface area (Å²) >= 11 is 5.72. The van der Waals surface area contributed by atoms with Crippen LogP contribution in [-0.2, 0) is 6.54 Å². The molecule has 1 rings (SSSR count). The summed E-state index contributed by atoms with van der Waals surface area (Å²) in [5, 5.41) is 2.49. The lowest BCUT2D eigenvalue weighted by atomic mass is 10.4. The van der Waals surface area contributed by atoms with Crippen molar-refractivity contribution >= 4 is 23.8 Å². The van der Waals surface area contributed by atoms with E-state index in [4.69, 9.17) is 11.6 Å². The Morgan fingerprint density at radius 1 is 1.77 bits per heavy atom. The molecule has 1 aromatic rings. The van der Waals surface area contributed by atoms with E-state index in [-0.39, 0.29) is 0 Å². The Hall–Kier alpha value is -1.02. The third-order valence-corrected chi connectivity index (χ3v) is 1.92. The Morgan fingerprint density at radius 3 is 2.92 bits per heavy atom. The van der Waals surface area contributed by atoms with E-state index >= 15 is 0 Å². The molecule has 0 aromatic carbocycles. The van der Waals surface area contributed by atoms with Gasteiger partial charge in [0.1, 0.15) is 0 Å². The molecule has 0 aliphatic rings. The molecule has 0 atom stereocenters. The largest absolute Gasteiger partial charge is 0.331 e. The molecule has 0 N–H and O–H groups in total. The van der Waals surface area contributed by atoms with E-state index in [1.807, 2.05) is 23.6 Å². The van der Waals surface area contributed by atoms with Crippen LogP contribution in [0.2, 0.25) is 0 Å². The molecule has 0 amide bonds. The fourth-order valence-electron chi connectivity index (χ4n) is 1.19. The Labute approximate surface area is 82.9 Å². The van der Waals surface area contributed by atoms with Crippen LogP contribution in [0.5, 0.6) is 0 Å². The monoisotopic (exact) mass is 196 g/mol. The van der Waals surface area contributed by atoms with Crippen molar-refractivity contribution in [2.75, 3.05) is 0 Å². The summed E-state index contributed by atoms with van der Waals surface area (Å²) in [4.78, 5) is 4.23. The number of aromatic nitrogens is 2. The number of imidazole rings is 1. The molecule has 0 aliphatic heterocycles. The van der Waals surface area contributed by atoms with Crippen molar-refractivity contribution in [3.8, 4) is 0 Å². The maximum atomic E-state index is 5.72. The van der Waals surface area contributed by atoms with E-state index in [2.05, 4.69) is 18.5 Å². The predicted octanol–water partition coefficient (Wildman–Crippen LogP) is 1.24. The second kappa shape index (κ2) is 4.28. The maximum absolute atomic E-state index is 5.72. The fraction of sp³-hybridized carbons (Fsp3) is 0.300. The van der Waals surface area contributed by atoms with E-state index in [9.17, 15) is 0 Å². The molecule has 2 nitrogen and oxygen atoms in total. The van der Waals surface area contributed by atoms with Gasteiger partial charge in [-0.3, -0.25) is 0 Å². The highest BCUT2D eigenvalue weighted by molar-refractivity contribution is 6.33. The van der Waals surface area contributed by atoms with Gasteiger partial charge in [0.15, 0.2) is 0 Å². The van der Waals surface area contributed by atoms with E-state index in [1.165, 1.54) is 0 Å². The minimum Gasteiger partial charge on any atom is -0.331 e. The van der Waals surface area contributed by atoms with Crippen LogP contribution in [0.25, 0.3) is 12.2 Å². The number of hydrogen-bond acceptors (Lipinski definition) is 1. The summed E-state index contributed by atoms with van der Waals surface area (Å²) in [6, 6.07) is 0. The minimum absolute atomic E-state index is 0.526. The zero-order chi connectivity index (χ0) is 9.84. The lowest BCUT2D eigenvalue weighted by molar-refractivity contribution is 0.739. The van der Waals surface area contributed by atoms with E-state index in [0.717, 1.165) is 17.2 Å². The highest BCUT2D eigenvalue weighted by Gasteiger charge is 1.94. The molecule has 70 valence electrons. The van der Waals surface area contributed by atoms with E-state index in [0.29, 0.717) is 5.03 Å². The van der Waals surface area contributed by atoms with Crippen LogP contribution in [0.15, 0.2) is 17.9 Å². The first-order valence-electron chi connectivity index (χ1n) is 4.22. The SMILES string of the molecule is C=C(Cl)/C=c1\c(=C/C)ncn1CC. The smallest absolute Gasteiger partial charge is 0.0958 e. The molecule has 0 aliphatic carbocycles. The third-order valence-electron chi connectivity index (χ3n) is 1.82. The van der Waals surface area contributed by atoms with Crippen molar-refractivity contribution in [2.45, 2.75) is 20.4 Å². The number of halogens is 1. The van der Waals surface area contributed by atoms with Crippen molar-refractivity contribution < 1.29 is 0 Å². The van der Waals surface area contributed by atoms with Crippen molar-refractivity contribution in [3.05, 3.63) is 28.6 Å². The lowest BCUT2D eigenvalue weighted by Crippen LogP contribution is -2.29. The normalized spacial score (nSPS) is 13.8. The lowest BCUT2D eigenvalue weighted by Gasteiger charge is -1.94. The van der Waals surface area contributed by atoms with Crippen LogP contribution in [0.1, 0.15) is 13.8 Å². The number of rotatable bonds is 2. The van der Waals surface area contributed by atoms with Gasteiger partial charge < -0.3 is 4.57 Å². The van der Waals surface area contributed by atoms with E-state index < -0.39 is 0 Å². The predicted molar refractivity (Wildman–Crippen MR) is 56.7 cm³/mol. The second-order valence-electron chi connectivity index (χ2n) is 2.68. The summed E-state index contributed by atoms with van der Waals surface area (Å²) in [7, 11) is 0. The van der Waals surface area contributed by atoms with Crippen LogP contribution < -0.4 is 10.7 Å². The van der Waals surface area contributed by atoms with Crippen LogP contribution in [0.4, 0.5) is 0 Å². The molecular weight excluding hydrogens is 184 g/mol. The van der Waals surface area contributed by atoms with Gasteiger partial charge in [0, 0.05) is 11.6 Å². The van der Waals surface area contributed by atoms with Crippen LogP contribution in [0, 0.1) is 0 Å². The molecule has 1 aromatic heterocycles. The molecular formula is C10H13ClN2. The van der Waals surface area contributed by atoms with Crippen molar-refractivity contribution in [1.82, 2.24) is 9.55 Å². The molecule has 0 radical (unpaired) electrons. The van der Waals surface area contributed by atoms with Crippen molar-refractivity contribution in [1.29, 1.82) is 0 Å². The van der Waals surface area contributed by atoms with Gasteiger partial charge in [-0.25, -0.2) is 4.98 Å². The number of hydrogen-bond donors (Lipinski definition) is 0. The van der Waals surface area contributed by atoms with Crippen molar-refractivity contribution in [2.24, 2.45) is 0 Å². The molecule has 0 fully saturated rings. The fourth-order valence-corrected chi connectivity index (χ4v) is 1.29. The Balaban J connectivity index is 3.47. The van der Waals surface area contributed by atoms with Gasteiger partial charge in [-0.2, -0.15) is 0 Å². The number of nitrogens with zero attached hydrogens (tertiary/aromatic N) is 2. The van der Waals surface area contributed by atoms with Crippen LogP contribution >= 0.6 is 11.6 Å². The molecule has 0 spiro atoms. The standard InChI is InChI=1S/C10H13ClN2/c1-4-9-10(6-8(3)11)13(5-2)7-12-9/h4,6-7H,3,5H2,1-2H3/b9-4+,10-6+. The Bertz CT molecular complexity index is 415. The molecule has 0 bridgehead atoms. The highest BCUT2D eigenvalue weighted by atomic mass is 35.5. The molecule has 13 heavy (non-hydrogen) atoms. The molecule has 1 heterocycles. The van der Waals surface area contributed by atoms with Gasteiger partial charge in [-0.05, 0) is 19.9 Å². The number of aryl methyl sites for hydroxylation is 1. The average Bonchev–Trinajstić information content (AvgIpc) is 2.46. The van der Waals surface area contributed by atoms with Crippen LogP contribution in [0.3, 0.4) is 0 Å². The van der Waals surface area contributed by atoms with Gasteiger partial charge in [0.05, 0.1) is 17.0 Å². The molecule has 0 saturated heterocycles. The Morgan fingerprint density at radius 2 is 2.46 bits per heavy atom. The van der Waals surface area contributed by atoms with Gasteiger partial charge in [0.2, 0.25) is 0 Å². The Kier molecular flexibility index (Phi) is 3.32. The van der Waals surface area contributed by atoms with E-state index in [1.54, 1.807) is 6.33 Å². The molecule has 0 unspecified atom stereocenters. The minimum atomic E-state index is 0.526. The molecule has 0 saturated carbocycles. The highest BCUT2D eigenvalue weighted by Crippen LogP contribution is 1.95. The number of allylic oxidation sites excluding steroid dienone is 1. The van der Waals surface area contributed by atoms with Gasteiger partial charge >= 0.3 is 0 Å². The summed E-state index contributed by atoms with van der Waals surface area (Å²) in [5.41, 5.74) is 0. The van der Waals surface area contributed by atoms with Crippen molar-refractivity contribution in [3.63, 3.8) is 0 Å². The first-order chi connectivity index (χ1) is 6.19. The first kappa shape index (κ1) is 10.1. The summed E-state index contributed by atoms with van der Waals surface area (Å²) in [6.45, 7) is 8.54. The zero-order valence-electron chi connectivity index (χ0n) is 7.92. The topological polar surface area (TPSA) is 17.8 Å². The molecule has 3 heteroatoms. The quantitative estimate of drug-likeness (QED) is 0.696. The van der Waals surface area contributed by atoms with Gasteiger partial charge in [0.25, 0.3) is 0 Å². The zero-order valence-corrected chi connectivity index (χ0v) is 8.67. The summed E-state index contributed by atoms with van der Waals surface area (Å²) in [6.07, 6.45) is 5.59. The summed E-state index contributed by atoms with van der Waals surface area (Å²) < 4.78 is 2.03. The van der Waals surface area contributed by atoms with Gasteiger partial charge in [-0.15, -0.1) is 0 Å². The summed E-state index contributed by atoms with van der Waals surface area (Å²) in [5.74, 6) is 0. The van der Waals surface area contributed by atoms with Crippen LogP contribution in [-0.4, -0.2) is 9.55 Å².